The topological polar surface area (TPSA) is 52.6 Å². The maximum atomic E-state index is 6.75. The predicted molar refractivity (Wildman–Crippen MR) is 256 cm³/mol. The molecule has 0 saturated heterocycles. The molecule has 0 fully saturated rings. The fourth-order valence-corrected chi connectivity index (χ4v) is 10.1. The highest BCUT2D eigenvalue weighted by molar-refractivity contribution is 6.21. The maximum Gasteiger partial charge on any atom is 0.142 e. The van der Waals surface area contributed by atoms with E-state index in [1.54, 1.807) is 0 Å². The summed E-state index contributed by atoms with van der Waals surface area (Å²) in [7, 11) is 0. The number of hydrogen-bond acceptors (Lipinski definition) is 4. The summed E-state index contributed by atoms with van der Waals surface area (Å²) in [6.07, 6.45) is 0. The van der Waals surface area contributed by atoms with Gasteiger partial charge in [-0.05, 0) is 162 Å². The molecule has 13 aromatic rings. The molecular formula is C58H38O4. The van der Waals surface area contributed by atoms with Crippen molar-refractivity contribution in [3.8, 4) is 44.5 Å². The van der Waals surface area contributed by atoms with E-state index in [1.807, 2.05) is 0 Å². The second-order valence-corrected chi connectivity index (χ2v) is 17.0. The third-order valence-electron chi connectivity index (χ3n) is 13.3. The Balaban J connectivity index is 0.966. The molecule has 62 heavy (non-hydrogen) atoms. The third-order valence-corrected chi connectivity index (χ3v) is 13.3. The zero-order chi connectivity index (χ0) is 41.4. The Morgan fingerprint density at radius 1 is 0.274 bits per heavy atom. The van der Waals surface area contributed by atoms with Crippen LogP contribution in [0.2, 0.25) is 0 Å². The molecule has 0 aliphatic carbocycles. The van der Waals surface area contributed by atoms with Crippen molar-refractivity contribution in [2.24, 2.45) is 0 Å². The number of hydrogen-bond donors (Lipinski definition) is 0. The fourth-order valence-electron chi connectivity index (χ4n) is 10.1. The average molecular weight is 799 g/mol. The second-order valence-electron chi connectivity index (χ2n) is 17.0. The minimum absolute atomic E-state index is 0.870. The summed E-state index contributed by atoms with van der Waals surface area (Å²) >= 11 is 0. The molecule has 0 atom stereocenters. The van der Waals surface area contributed by atoms with Gasteiger partial charge in [0.05, 0.1) is 0 Å². The summed E-state index contributed by atoms with van der Waals surface area (Å²) < 4.78 is 26.2. The van der Waals surface area contributed by atoms with Crippen LogP contribution in [-0.4, -0.2) is 0 Å². The maximum absolute atomic E-state index is 6.75. The molecule has 0 spiro atoms. The molecule has 0 radical (unpaired) electrons. The monoisotopic (exact) mass is 798 g/mol. The molecule has 13 rings (SSSR count). The average Bonchev–Trinajstić information content (AvgIpc) is 4.07. The third kappa shape index (κ3) is 5.07. The minimum atomic E-state index is 0.870. The summed E-state index contributed by atoms with van der Waals surface area (Å²) in [5.74, 6) is 0. The van der Waals surface area contributed by atoms with E-state index in [-0.39, 0.29) is 0 Å². The lowest BCUT2D eigenvalue weighted by atomic mass is 9.92. The van der Waals surface area contributed by atoms with Crippen molar-refractivity contribution >= 4 is 87.8 Å². The first-order valence-electron chi connectivity index (χ1n) is 21.2. The zero-order valence-electron chi connectivity index (χ0n) is 34.6. The Labute approximate surface area is 356 Å². The molecule has 4 nitrogen and oxygen atoms in total. The SMILES string of the molecule is Cc1cc2oc3c(C)c4oc5cc(C)c(-c6ccc7oc8ccc(-c9ccccc9)cc8c7c6)cc5c4c(C)c3c2cc1-c1ccc2oc3ccc(-c4ccccc4)cc3c2c1. The first-order chi connectivity index (χ1) is 30.3. The van der Waals surface area contributed by atoms with E-state index in [1.165, 1.54) is 33.4 Å². The van der Waals surface area contributed by atoms with Crippen molar-refractivity contribution in [1.82, 2.24) is 0 Å². The van der Waals surface area contributed by atoms with E-state index in [0.717, 1.165) is 121 Å². The van der Waals surface area contributed by atoms with Gasteiger partial charge in [0.1, 0.15) is 44.7 Å². The van der Waals surface area contributed by atoms with E-state index in [4.69, 9.17) is 17.7 Å². The van der Waals surface area contributed by atoms with Crippen molar-refractivity contribution in [1.29, 1.82) is 0 Å². The van der Waals surface area contributed by atoms with Crippen molar-refractivity contribution in [2.45, 2.75) is 27.7 Å². The van der Waals surface area contributed by atoms with Gasteiger partial charge in [-0.2, -0.15) is 0 Å². The van der Waals surface area contributed by atoms with Crippen LogP contribution in [-0.2, 0) is 0 Å². The van der Waals surface area contributed by atoms with Crippen LogP contribution >= 0.6 is 0 Å². The largest absolute Gasteiger partial charge is 0.456 e. The van der Waals surface area contributed by atoms with Gasteiger partial charge in [0.25, 0.3) is 0 Å². The Bertz CT molecular complexity index is 3740. The molecule has 0 N–H and O–H groups in total. The minimum Gasteiger partial charge on any atom is -0.456 e. The van der Waals surface area contributed by atoms with Crippen molar-refractivity contribution in [2.75, 3.05) is 0 Å². The van der Waals surface area contributed by atoms with Crippen LogP contribution in [0.4, 0.5) is 0 Å². The lowest BCUT2D eigenvalue weighted by molar-refractivity contribution is 0.650. The van der Waals surface area contributed by atoms with Gasteiger partial charge in [-0.1, -0.05) is 84.9 Å². The summed E-state index contributed by atoms with van der Waals surface area (Å²) in [6.45, 7) is 8.68. The zero-order valence-corrected chi connectivity index (χ0v) is 34.6. The highest BCUT2D eigenvalue weighted by atomic mass is 16.3. The summed E-state index contributed by atoms with van der Waals surface area (Å²) in [5, 5.41) is 8.88. The quantitative estimate of drug-likeness (QED) is 0.178. The molecule has 4 aromatic heterocycles. The van der Waals surface area contributed by atoms with Crippen LogP contribution in [0.5, 0.6) is 0 Å². The molecule has 0 aliphatic heterocycles. The summed E-state index contributed by atoms with van der Waals surface area (Å²) in [6, 6.07) is 56.1. The van der Waals surface area contributed by atoms with Crippen LogP contribution in [0.15, 0.2) is 175 Å². The van der Waals surface area contributed by atoms with Gasteiger partial charge in [-0.15, -0.1) is 0 Å². The lowest BCUT2D eigenvalue weighted by Gasteiger charge is -2.08. The number of benzene rings is 9. The molecule has 0 amide bonds. The van der Waals surface area contributed by atoms with E-state index in [2.05, 4.69) is 185 Å². The molecule has 4 heteroatoms. The van der Waals surface area contributed by atoms with E-state index >= 15 is 0 Å². The molecule has 0 unspecified atom stereocenters. The smallest absolute Gasteiger partial charge is 0.142 e. The van der Waals surface area contributed by atoms with Gasteiger partial charge in [0.15, 0.2) is 0 Å². The van der Waals surface area contributed by atoms with E-state index in [0.29, 0.717) is 0 Å². The van der Waals surface area contributed by atoms with Crippen LogP contribution in [0.25, 0.3) is 132 Å². The Morgan fingerprint density at radius 2 is 0.645 bits per heavy atom. The first kappa shape index (κ1) is 35.0. The normalized spacial score (nSPS) is 12.2. The molecule has 0 aliphatic rings. The summed E-state index contributed by atoms with van der Waals surface area (Å²) in [4.78, 5) is 0. The highest BCUT2D eigenvalue weighted by Gasteiger charge is 2.23. The van der Waals surface area contributed by atoms with E-state index < -0.39 is 0 Å². The van der Waals surface area contributed by atoms with Crippen LogP contribution < -0.4 is 0 Å². The van der Waals surface area contributed by atoms with Crippen molar-refractivity contribution < 1.29 is 17.7 Å². The first-order valence-corrected chi connectivity index (χ1v) is 21.2. The predicted octanol–water partition coefficient (Wildman–Crippen LogP) is 17.2. The second kappa shape index (κ2) is 12.8. The Kier molecular flexibility index (Phi) is 7.25. The van der Waals surface area contributed by atoms with Crippen molar-refractivity contribution in [3.05, 3.63) is 180 Å². The standard InChI is InChI=1S/C58H38O4/c1-31-23-53-47(29-41(31)39-17-21-51-45(27-39)43-25-37(15-19-49(43)59-51)35-11-7-5-8-12-35)55-33(3)56-48-30-42(32(2)24-54(48)62-58(56)34(4)57(55)61-53)40-18-22-52-46(28-40)44-26-38(16-20-50(44)60-52)36-13-9-6-10-14-36/h5-30H,1-4H3. The Morgan fingerprint density at radius 3 is 1.05 bits per heavy atom. The highest BCUT2D eigenvalue weighted by Crippen LogP contribution is 2.46. The van der Waals surface area contributed by atoms with Gasteiger partial charge < -0.3 is 17.7 Å². The summed E-state index contributed by atoms with van der Waals surface area (Å²) in [5.41, 5.74) is 20.8. The fraction of sp³-hybridized carbons (Fsp3) is 0.0690. The molecule has 294 valence electrons. The van der Waals surface area contributed by atoms with Gasteiger partial charge in [0.2, 0.25) is 0 Å². The van der Waals surface area contributed by atoms with Gasteiger partial charge in [-0.25, -0.2) is 0 Å². The number of rotatable bonds is 4. The van der Waals surface area contributed by atoms with Crippen LogP contribution in [0, 0.1) is 27.7 Å². The molecule has 0 saturated carbocycles. The van der Waals surface area contributed by atoms with Crippen LogP contribution in [0.1, 0.15) is 22.3 Å². The lowest BCUT2D eigenvalue weighted by Crippen LogP contribution is -1.86. The number of furan rings is 4. The van der Waals surface area contributed by atoms with Gasteiger partial charge in [-0.3, -0.25) is 0 Å². The molecule has 0 bridgehead atoms. The van der Waals surface area contributed by atoms with Crippen LogP contribution in [0.3, 0.4) is 0 Å². The Hall–Kier alpha value is -7.82. The van der Waals surface area contributed by atoms with Gasteiger partial charge in [0, 0.05) is 48.7 Å². The van der Waals surface area contributed by atoms with Crippen molar-refractivity contribution in [3.63, 3.8) is 0 Å². The van der Waals surface area contributed by atoms with Gasteiger partial charge >= 0.3 is 0 Å². The number of fused-ring (bicyclic) bond motifs is 12. The molecular weight excluding hydrogens is 761 g/mol. The molecule has 9 aromatic carbocycles. The number of aryl methyl sites for hydroxylation is 4. The van der Waals surface area contributed by atoms with E-state index in [9.17, 15) is 0 Å². The molecule has 4 heterocycles.